The Morgan fingerprint density at radius 3 is 2.59 bits per heavy atom. The minimum Gasteiger partial charge on any atom is -0.355 e. The minimum absolute atomic E-state index is 0.0645. The van der Waals surface area contributed by atoms with Gasteiger partial charge in [0.25, 0.3) is 0 Å². The molecule has 0 aliphatic heterocycles. The molecular weight excluding hydrogens is 212 g/mol. The molecule has 0 heterocycles. The van der Waals surface area contributed by atoms with Crippen LogP contribution in [0.25, 0.3) is 0 Å². The molecule has 1 atom stereocenters. The van der Waals surface area contributed by atoms with Gasteiger partial charge in [0.2, 0.25) is 5.91 Å². The molecule has 1 amide bonds. The van der Waals surface area contributed by atoms with Crippen LogP contribution in [0.5, 0.6) is 0 Å². The molecule has 0 aromatic heterocycles. The molecule has 0 radical (unpaired) electrons. The molecule has 1 aromatic carbocycles. The van der Waals surface area contributed by atoms with Crippen LogP contribution in [0, 0.1) is 5.92 Å². The van der Waals surface area contributed by atoms with Gasteiger partial charge in [-0.1, -0.05) is 37.3 Å². The first-order chi connectivity index (χ1) is 8.18. The van der Waals surface area contributed by atoms with Crippen molar-refractivity contribution in [2.24, 2.45) is 11.7 Å². The maximum absolute atomic E-state index is 11.7. The van der Waals surface area contributed by atoms with Gasteiger partial charge < -0.3 is 11.1 Å². The zero-order valence-corrected chi connectivity index (χ0v) is 10.3. The SMILES string of the molecule is CC(CN)C(=O)NCC1(c2ccccc2)CC1. The van der Waals surface area contributed by atoms with Crippen LogP contribution in [0.15, 0.2) is 30.3 Å². The molecule has 0 saturated heterocycles. The summed E-state index contributed by atoms with van der Waals surface area (Å²) in [4.78, 5) is 11.7. The molecule has 1 aliphatic rings. The fourth-order valence-electron chi connectivity index (χ4n) is 2.05. The van der Waals surface area contributed by atoms with E-state index in [4.69, 9.17) is 5.73 Å². The van der Waals surface area contributed by atoms with Crippen LogP contribution in [-0.2, 0) is 10.2 Å². The maximum atomic E-state index is 11.7. The maximum Gasteiger partial charge on any atom is 0.224 e. The Balaban J connectivity index is 1.94. The summed E-state index contributed by atoms with van der Waals surface area (Å²) in [6.45, 7) is 3.00. The van der Waals surface area contributed by atoms with E-state index >= 15 is 0 Å². The molecule has 0 spiro atoms. The van der Waals surface area contributed by atoms with E-state index < -0.39 is 0 Å². The topological polar surface area (TPSA) is 55.1 Å². The third-order valence-electron chi connectivity index (χ3n) is 3.64. The molecule has 1 unspecified atom stereocenters. The van der Waals surface area contributed by atoms with E-state index in [1.54, 1.807) is 0 Å². The number of carbonyl (C=O) groups is 1. The van der Waals surface area contributed by atoms with Crippen molar-refractivity contribution < 1.29 is 4.79 Å². The largest absolute Gasteiger partial charge is 0.355 e. The molecule has 2 rings (SSSR count). The molecule has 3 nitrogen and oxygen atoms in total. The Labute approximate surface area is 102 Å². The average molecular weight is 232 g/mol. The van der Waals surface area contributed by atoms with Crippen LogP contribution in [0.3, 0.4) is 0 Å². The Bertz CT molecular complexity index is 384. The Morgan fingerprint density at radius 2 is 2.06 bits per heavy atom. The summed E-state index contributed by atoms with van der Waals surface area (Å²) in [5.74, 6) is -0.0312. The summed E-state index contributed by atoms with van der Waals surface area (Å²) >= 11 is 0. The highest BCUT2D eigenvalue weighted by Gasteiger charge is 2.44. The summed E-state index contributed by atoms with van der Waals surface area (Å²) in [6, 6.07) is 10.4. The van der Waals surface area contributed by atoms with Gasteiger partial charge in [0, 0.05) is 24.4 Å². The van der Waals surface area contributed by atoms with Crippen LogP contribution < -0.4 is 11.1 Å². The Hall–Kier alpha value is -1.35. The molecule has 17 heavy (non-hydrogen) atoms. The lowest BCUT2D eigenvalue weighted by Crippen LogP contribution is -2.37. The minimum atomic E-state index is -0.0958. The number of nitrogens with two attached hydrogens (primary N) is 1. The van der Waals surface area contributed by atoms with Crippen molar-refractivity contribution in [3.63, 3.8) is 0 Å². The number of hydrogen-bond acceptors (Lipinski definition) is 2. The van der Waals surface area contributed by atoms with Crippen LogP contribution in [-0.4, -0.2) is 19.0 Å². The Morgan fingerprint density at radius 1 is 1.41 bits per heavy atom. The summed E-state index contributed by atoms with van der Waals surface area (Å²) in [5, 5.41) is 3.02. The van der Waals surface area contributed by atoms with Gasteiger partial charge in [-0.15, -0.1) is 0 Å². The first kappa shape index (κ1) is 12.1. The highest BCUT2D eigenvalue weighted by Crippen LogP contribution is 2.47. The molecule has 0 bridgehead atoms. The van der Waals surface area contributed by atoms with E-state index in [0.29, 0.717) is 6.54 Å². The van der Waals surface area contributed by atoms with E-state index in [0.717, 1.165) is 19.4 Å². The zero-order chi connectivity index (χ0) is 12.3. The smallest absolute Gasteiger partial charge is 0.224 e. The first-order valence-electron chi connectivity index (χ1n) is 6.21. The van der Waals surface area contributed by atoms with Crippen molar-refractivity contribution in [2.45, 2.75) is 25.2 Å². The van der Waals surface area contributed by atoms with Crippen molar-refractivity contribution in [3.05, 3.63) is 35.9 Å². The number of benzene rings is 1. The van der Waals surface area contributed by atoms with Crippen molar-refractivity contribution in [3.8, 4) is 0 Å². The van der Waals surface area contributed by atoms with Crippen LogP contribution in [0.4, 0.5) is 0 Å². The second-order valence-electron chi connectivity index (χ2n) is 5.00. The molecule has 1 aromatic rings. The predicted octanol–water partition coefficient (Wildman–Crippen LogP) is 1.43. The van der Waals surface area contributed by atoms with Crippen LogP contribution in [0.1, 0.15) is 25.3 Å². The predicted molar refractivity (Wildman–Crippen MR) is 68.6 cm³/mol. The molecule has 3 N–H and O–H groups in total. The first-order valence-corrected chi connectivity index (χ1v) is 6.21. The fraction of sp³-hybridized carbons (Fsp3) is 0.500. The lowest BCUT2D eigenvalue weighted by atomic mass is 9.96. The van der Waals surface area contributed by atoms with E-state index in [2.05, 4.69) is 29.6 Å². The second-order valence-corrected chi connectivity index (χ2v) is 5.00. The summed E-state index contributed by atoms with van der Waals surface area (Å²) in [6.07, 6.45) is 2.32. The fourth-order valence-corrected chi connectivity index (χ4v) is 2.05. The molecule has 1 saturated carbocycles. The number of amides is 1. The summed E-state index contributed by atoms with van der Waals surface area (Å²) in [7, 11) is 0. The van der Waals surface area contributed by atoms with Gasteiger partial charge in [0.1, 0.15) is 0 Å². The number of nitrogens with one attached hydrogen (secondary N) is 1. The van der Waals surface area contributed by atoms with Gasteiger partial charge in [-0.3, -0.25) is 4.79 Å². The number of hydrogen-bond donors (Lipinski definition) is 2. The van der Waals surface area contributed by atoms with E-state index in [-0.39, 0.29) is 17.2 Å². The van der Waals surface area contributed by atoms with E-state index in [1.165, 1.54) is 5.56 Å². The van der Waals surface area contributed by atoms with Gasteiger partial charge in [0.05, 0.1) is 0 Å². The quantitative estimate of drug-likeness (QED) is 0.807. The van der Waals surface area contributed by atoms with Crippen molar-refractivity contribution in [1.82, 2.24) is 5.32 Å². The van der Waals surface area contributed by atoms with E-state index in [1.807, 2.05) is 13.0 Å². The zero-order valence-electron chi connectivity index (χ0n) is 10.3. The van der Waals surface area contributed by atoms with Crippen molar-refractivity contribution >= 4 is 5.91 Å². The standard InChI is InChI=1S/C14H20N2O/c1-11(9-15)13(17)16-10-14(7-8-14)12-5-3-2-4-6-12/h2-6,11H,7-10,15H2,1H3,(H,16,17). The highest BCUT2D eigenvalue weighted by atomic mass is 16.1. The lowest BCUT2D eigenvalue weighted by molar-refractivity contribution is -0.124. The van der Waals surface area contributed by atoms with Crippen LogP contribution >= 0.6 is 0 Å². The summed E-state index contributed by atoms with van der Waals surface area (Å²) < 4.78 is 0. The van der Waals surface area contributed by atoms with E-state index in [9.17, 15) is 4.79 Å². The van der Waals surface area contributed by atoms with Crippen molar-refractivity contribution in [1.29, 1.82) is 0 Å². The van der Waals surface area contributed by atoms with Crippen LogP contribution in [0.2, 0.25) is 0 Å². The van der Waals surface area contributed by atoms with Gasteiger partial charge in [-0.05, 0) is 18.4 Å². The average Bonchev–Trinajstić information content (AvgIpc) is 3.17. The molecular formula is C14H20N2O. The van der Waals surface area contributed by atoms with Gasteiger partial charge in [-0.25, -0.2) is 0 Å². The van der Waals surface area contributed by atoms with Gasteiger partial charge in [-0.2, -0.15) is 0 Å². The van der Waals surface area contributed by atoms with Crippen molar-refractivity contribution in [2.75, 3.05) is 13.1 Å². The number of carbonyl (C=O) groups excluding carboxylic acids is 1. The second kappa shape index (κ2) is 4.88. The third-order valence-corrected chi connectivity index (χ3v) is 3.64. The van der Waals surface area contributed by atoms with Gasteiger partial charge in [0.15, 0.2) is 0 Å². The molecule has 92 valence electrons. The molecule has 1 fully saturated rings. The normalized spacial score (nSPS) is 18.5. The Kier molecular flexibility index (Phi) is 3.48. The number of rotatable bonds is 5. The molecule has 1 aliphatic carbocycles. The summed E-state index contributed by atoms with van der Waals surface area (Å²) in [5.41, 5.74) is 7.00. The molecule has 3 heteroatoms. The highest BCUT2D eigenvalue weighted by molar-refractivity contribution is 5.78. The monoisotopic (exact) mass is 232 g/mol. The third kappa shape index (κ3) is 2.67. The lowest BCUT2D eigenvalue weighted by Gasteiger charge is -2.18. The van der Waals surface area contributed by atoms with Gasteiger partial charge >= 0.3 is 0 Å².